The van der Waals surface area contributed by atoms with Gasteiger partial charge in [0.05, 0.1) is 6.54 Å². The van der Waals surface area contributed by atoms with E-state index in [9.17, 15) is 0 Å². The van der Waals surface area contributed by atoms with Crippen LogP contribution in [0.1, 0.15) is 11.1 Å². The maximum Gasteiger partial charge on any atom is 0.119 e. The summed E-state index contributed by atoms with van der Waals surface area (Å²) < 4.78 is 5.79. The van der Waals surface area contributed by atoms with Gasteiger partial charge in [-0.25, -0.2) is 0 Å². The summed E-state index contributed by atoms with van der Waals surface area (Å²) in [5.41, 5.74) is 9.21. The molecule has 0 saturated heterocycles. The Bertz CT molecular complexity index is 639. The number of hydrogen-bond acceptors (Lipinski definition) is 3. The molecule has 3 rings (SSSR count). The zero-order valence-corrected chi connectivity index (χ0v) is 12.6. The average molecular weight is 298 g/mol. The number of nitrogens with zero attached hydrogens (tertiary/aromatic N) is 1. The SMILES string of the molecule is NC(=S)c1ccc(OCCN2CCc3ccccc32)cc1. The van der Waals surface area contributed by atoms with Gasteiger partial charge in [0.2, 0.25) is 0 Å². The standard InChI is InChI=1S/C17H18N2OS/c18-17(21)14-5-7-15(8-6-14)20-12-11-19-10-9-13-3-1-2-4-16(13)19/h1-8H,9-12H2,(H2,18,21). The fourth-order valence-electron chi connectivity index (χ4n) is 2.63. The van der Waals surface area contributed by atoms with Gasteiger partial charge in [-0.05, 0) is 42.3 Å². The lowest BCUT2D eigenvalue weighted by atomic mass is 10.2. The number of hydrogen-bond donors (Lipinski definition) is 1. The molecule has 4 heteroatoms. The molecule has 0 fully saturated rings. The highest BCUT2D eigenvalue weighted by Crippen LogP contribution is 2.26. The third-order valence-electron chi connectivity index (χ3n) is 3.75. The minimum Gasteiger partial charge on any atom is -0.492 e. The first-order chi connectivity index (χ1) is 10.2. The zero-order valence-electron chi connectivity index (χ0n) is 11.8. The molecule has 0 aromatic heterocycles. The number of anilines is 1. The molecule has 21 heavy (non-hydrogen) atoms. The lowest BCUT2D eigenvalue weighted by molar-refractivity contribution is 0.324. The van der Waals surface area contributed by atoms with Gasteiger partial charge in [0.1, 0.15) is 17.3 Å². The van der Waals surface area contributed by atoms with E-state index in [0.29, 0.717) is 11.6 Å². The topological polar surface area (TPSA) is 38.5 Å². The number of thiocarbonyl (C=S) groups is 1. The van der Waals surface area contributed by atoms with Crippen molar-refractivity contribution in [2.45, 2.75) is 6.42 Å². The van der Waals surface area contributed by atoms with Crippen LogP contribution in [0, 0.1) is 0 Å². The summed E-state index contributed by atoms with van der Waals surface area (Å²) in [7, 11) is 0. The van der Waals surface area contributed by atoms with Crippen LogP contribution in [0.25, 0.3) is 0 Å². The van der Waals surface area contributed by atoms with Gasteiger partial charge in [-0.2, -0.15) is 0 Å². The van der Waals surface area contributed by atoms with Crippen LogP contribution in [-0.4, -0.2) is 24.7 Å². The van der Waals surface area contributed by atoms with E-state index in [1.54, 1.807) is 0 Å². The number of para-hydroxylation sites is 1. The van der Waals surface area contributed by atoms with Crippen molar-refractivity contribution in [2.75, 3.05) is 24.6 Å². The van der Waals surface area contributed by atoms with Crippen molar-refractivity contribution < 1.29 is 4.74 Å². The van der Waals surface area contributed by atoms with E-state index < -0.39 is 0 Å². The van der Waals surface area contributed by atoms with Crippen molar-refractivity contribution in [1.29, 1.82) is 0 Å². The summed E-state index contributed by atoms with van der Waals surface area (Å²) in [5, 5.41) is 0. The second kappa shape index (κ2) is 6.14. The Morgan fingerprint density at radius 3 is 2.67 bits per heavy atom. The molecule has 2 aromatic carbocycles. The van der Waals surface area contributed by atoms with E-state index in [2.05, 4.69) is 29.2 Å². The Kier molecular flexibility index (Phi) is 4.06. The second-order valence-electron chi connectivity index (χ2n) is 5.10. The van der Waals surface area contributed by atoms with Crippen LogP contribution in [0.5, 0.6) is 5.75 Å². The van der Waals surface area contributed by atoms with Gasteiger partial charge in [-0.15, -0.1) is 0 Å². The van der Waals surface area contributed by atoms with Crippen LogP contribution in [0.4, 0.5) is 5.69 Å². The van der Waals surface area contributed by atoms with Gasteiger partial charge in [0.15, 0.2) is 0 Å². The predicted octanol–water partition coefficient (Wildman–Crippen LogP) is 2.76. The average Bonchev–Trinajstić information content (AvgIpc) is 2.91. The van der Waals surface area contributed by atoms with Crippen molar-refractivity contribution in [3.63, 3.8) is 0 Å². The molecule has 2 N–H and O–H groups in total. The molecule has 108 valence electrons. The molecule has 3 nitrogen and oxygen atoms in total. The molecule has 0 atom stereocenters. The third-order valence-corrected chi connectivity index (χ3v) is 3.99. The summed E-state index contributed by atoms with van der Waals surface area (Å²) in [6, 6.07) is 16.2. The molecule has 1 aliphatic rings. The van der Waals surface area contributed by atoms with Crippen LogP contribution < -0.4 is 15.4 Å². The lowest BCUT2D eigenvalue weighted by Crippen LogP contribution is -2.26. The van der Waals surface area contributed by atoms with Crippen LogP contribution >= 0.6 is 12.2 Å². The van der Waals surface area contributed by atoms with Gasteiger partial charge in [-0.3, -0.25) is 0 Å². The van der Waals surface area contributed by atoms with Crippen molar-refractivity contribution in [1.82, 2.24) is 0 Å². The smallest absolute Gasteiger partial charge is 0.119 e. The highest BCUT2D eigenvalue weighted by atomic mass is 32.1. The van der Waals surface area contributed by atoms with E-state index in [1.165, 1.54) is 11.3 Å². The number of ether oxygens (including phenoxy) is 1. The summed E-state index contributed by atoms with van der Waals surface area (Å²) in [5.74, 6) is 0.850. The Balaban J connectivity index is 1.54. The maximum absolute atomic E-state index is 5.79. The molecule has 0 spiro atoms. The fraction of sp³-hybridized carbons (Fsp3) is 0.235. The van der Waals surface area contributed by atoms with Crippen molar-refractivity contribution >= 4 is 22.9 Å². The minimum absolute atomic E-state index is 0.412. The predicted molar refractivity (Wildman–Crippen MR) is 90.2 cm³/mol. The number of nitrogens with two attached hydrogens (primary N) is 1. The molecule has 0 unspecified atom stereocenters. The minimum atomic E-state index is 0.412. The van der Waals surface area contributed by atoms with Gasteiger partial charge in [0.25, 0.3) is 0 Å². The molecular formula is C17H18N2OS. The zero-order chi connectivity index (χ0) is 14.7. The molecule has 1 aliphatic heterocycles. The van der Waals surface area contributed by atoms with E-state index in [4.69, 9.17) is 22.7 Å². The van der Waals surface area contributed by atoms with E-state index in [0.717, 1.165) is 30.8 Å². The van der Waals surface area contributed by atoms with Gasteiger partial charge in [-0.1, -0.05) is 30.4 Å². The first-order valence-corrected chi connectivity index (χ1v) is 7.50. The fourth-order valence-corrected chi connectivity index (χ4v) is 2.76. The van der Waals surface area contributed by atoms with Crippen LogP contribution in [0.3, 0.4) is 0 Å². The normalized spacial score (nSPS) is 13.0. The van der Waals surface area contributed by atoms with Gasteiger partial charge < -0.3 is 15.4 Å². The highest BCUT2D eigenvalue weighted by Gasteiger charge is 2.17. The maximum atomic E-state index is 5.79. The van der Waals surface area contributed by atoms with Crippen molar-refractivity contribution in [3.8, 4) is 5.75 Å². The second-order valence-corrected chi connectivity index (χ2v) is 5.54. The monoisotopic (exact) mass is 298 g/mol. The molecule has 1 heterocycles. The highest BCUT2D eigenvalue weighted by molar-refractivity contribution is 7.80. The van der Waals surface area contributed by atoms with E-state index in [-0.39, 0.29) is 0 Å². The van der Waals surface area contributed by atoms with Gasteiger partial charge in [0, 0.05) is 17.8 Å². The van der Waals surface area contributed by atoms with Crippen molar-refractivity contribution in [2.24, 2.45) is 5.73 Å². The molecule has 0 saturated carbocycles. The molecule has 0 radical (unpaired) electrons. The van der Waals surface area contributed by atoms with Crippen LogP contribution in [0.15, 0.2) is 48.5 Å². The van der Waals surface area contributed by atoms with Crippen LogP contribution in [0.2, 0.25) is 0 Å². The molecule has 0 bridgehead atoms. The first kappa shape index (κ1) is 13.9. The van der Waals surface area contributed by atoms with Gasteiger partial charge >= 0.3 is 0 Å². The Morgan fingerprint density at radius 1 is 1.14 bits per heavy atom. The van der Waals surface area contributed by atoms with E-state index in [1.807, 2.05) is 24.3 Å². The molecule has 2 aromatic rings. The number of rotatable bonds is 5. The molecule has 0 aliphatic carbocycles. The van der Waals surface area contributed by atoms with Crippen LogP contribution in [-0.2, 0) is 6.42 Å². The summed E-state index contributed by atoms with van der Waals surface area (Å²) in [6.07, 6.45) is 1.12. The number of fused-ring (bicyclic) bond motifs is 1. The summed E-state index contributed by atoms with van der Waals surface area (Å²) in [4.78, 5) is 2.79. The lowest BCUT2D eigenvalue weighted by Gasteiger charge is -2.19. The molecule has 0 amide bonds. The van der Waals surface area contributed by atoms with E-state index >= 15 is 0 Å². The Hall–Kier alpha value is -2.07. The van der Waals surface area contributed by atoms with Crippen molar-refractivity contribution in [3.05, 3.63) is 59.7 Å². The number of benzene rings is 2. The quantitative estimate of drug-likeness (QED) is 0.862. The third kappa shape index (κ3) is 3.16. The largest absolute Gasteiger partial charge is 0.492 e. The Morgan fingerprint density at radius 2 is 1.90 bits per heavy atom. The Labute approximate surface area is 130 Å². The summed E-state index contributed by atoms with van der Waals surface area (Å²) in [6.45, 7) is 2.64. The first-order valence-electron chi connectivity index (χ1n) is 7.09. The molecular weight excluding hydrogens is 280 g/mol. The summed E-state index contributed by atoms with van der Waals surface area (Å²) >= 11 is 4.93.